The van der Waals surface area contributed by atoms with Gasteiger partial charge < -0.3 is 10.2 Å². The number of nitrogens with one attached hydrogen (secondary N) is 1. The monoisotopic (exact) mass is 289 g/mol. The second-order valence-electron chi connectivity index (χ2n) is 6.42. The summed E-state index contributed by atoms with van der Waals surface area (Å²) in [5, 5.41) is 9.21. The van der Waals surface area contributed by atoms with Gasteiger partial charge in [-0.15, -0.1) is 0 Å². The highest BCUT2D eigenvalue weighted by Crippen LogP contribution is 2.16. The van der Waals surface area contributed by atoms with E-state index in [0.717, 1.165) is 29.8 Å². The molecule has 21 heavy (non-hydrogen) atoms. The Morgan fingerprint density at radius 1 is 1.33 bits per heavy atom. The van der Waals surface area contributed by atoms with Gasteiger partial charge in [-0.05, 0) is 38.6 Å². The van der Waals surface area contributed by atoms with Crippen molar-refractivity contribution in [2.45, 2.75) is 33.4 Å². The molecule has 116 valence electrons. The molecule has 0 saturated carbocycles. The van der Waals surface area contributed by atoms with Gasteiger partial charge in [0.25, 0.3) is 0 Å². The molecule has 2 heterocycles. The zero-order valence-electron chi connectivity index (χ0n) is 14.0. The Balaban J connectivity index is 2.10. The second kappa shape index (κ2) is 6.54. The molecule has 0 bridgehead atoms. The standard InChI is InChI=1S/C16H27N5/c1-11(2)15(10-20(4)5)17-8-13-7-14-12(3)19-21(6)16(14)18-9-13/h7,9,11,15,17H,8,10H2,1-6H3. The van der Waals surface area contributed by atoms with E-state index >= 15 is 0 Å². The van der Waals surface area contributed by atoms with Gasteiger partial charge in [-0.25, -0.2) is 4.98 Å². The quantitative estimate of drug-likeness (QED) is 0.883. The number of hydrogen-bond acceptors (Lipinski definition) is 4. The number of hydrogen-bond donors (Lipinski definition) is 1. The lowest BCUT2D eigenvalue weighted by Gasteiger charge is -2.25. The Kier molecular flexibility index (Phi) is 4.96. The number of aromatic nitrogens is 3. The molecule has 2 aromatic rings. The largest absolute Gasteiger partial charge is 0.308 e. The van der Waals surface area contributed by atoms with E-state index in [-0.39, 0.29) is 0 Å². The summed E-state index contributed by atoms with van der Waals surface area (Å²) in [4.78, 5) is 6.76. The first-order valence-corrected chi connectivity index (χ1v) is 7.54. The van der Waals surface area contributed by atoms with Gasteiger partial charge in [-0.2, -0.15) is 5.10 Å². The molecule has 0 aromatic carbocycles. The first-order chi connectivity index (χ1) is 9.88. The molecule has 1 unspecified atom stereocenters. The molecule has 2 aromatic heterocycles. The average molecular weight is 289 g/mol. The van der Waals surface area contributed by atoms with E-state index in [9.17, 15) is 0 Å². The minimum atomic E-state index is 0.477. The summed E-state index contributed by atoms with van der Waals surface area (Å²) in [6.07, 6.45) is 1.95. The van der Waals surface area contributed by atoms with Gasteiger partial charge >= 0.3 is 0 Å². The highest BCUT2D eigenvalue weighted by molar-refractivity contribution is 5.78. The molecule has 0 fully saturated rings. The molecule has 0 aliphatic carbocycles. The molecule has 0 amide bonds. The Hall–Kier alpha value is -1.46. The first-order valence-electron chi connectivity index (χ1n) is 7.54. The van der Waals surface area contributed by atoms with E-state index in [2.05, 4.69) is 54.3 Å². The summed E-state index contributed by atoms with van der Waals surface area (Å²) in [6.45, 7) is 8.43. The van der Waals surface area contributed by atoms with E-state index in [0.29, 0.717) is 12.0 Å². The maximum absolute atomic E-state index is 4.54. The van der Waals surface area contributed by atoms with Crippen molar-refractivity contribution in [1.82, 2.24) is 25.0 Å². The third-order valence-corrected chi connectivity index (χ3v) is 3.85. The predicted molar refractivity (Wildman–Crippen MR) is 87.3 cm³/mol. The number of fused-ring (bicyclic) bond motifs is 1. The van der Waals surface area contributed by atoms with Crippen molar-refractivity contribution in [2.24, 2.45) is 13.0 Å². The molecular weight excluding hydrogens is 262 g/mol. The van der Waals surface area contributed by atoms with Crippen molar-refractivity contribution in [1.29, 1.82) is 0 Å². The van der Waals surface area contributed by atoms with E-state index < -0.39 is 0 Å². The molecule has 2 rings (SSSR count). The van der Waals surface area contributed by atoms with Gasteiger partial charge in [0, 0.05) is 37.8 Å². The highest BCUT2D eigenvalue weighted by atomic mass is 15.3. The minimum absolute atomic E-state index is 0.477. The third-order valence-electron chi connectivity index (χ3n) is 3.85. The molecule has 1 N–H and O–H groups in total. The summed E-state index contributed by atoms with van der Waals surface area (Å²) >= 11 is 0. The normalized spacial score (nSPS) is 13.5. The van der Waals surface area contributed by atoms with E-state index in [1.165, 1.54) is 5.56 Å². The topological polar surface area (TPSA) is 46.0 Å². The summed E-state index contributed by atoms with van der Waals surface area (Å²) in [6, 6.07) is 2.68. The Labute approximate surface area is 127 Å². The van der Waals surface area contributed by atoms with Crippen molar-refractivity contribution in [3.05, 3.63) is 23.5 Å². The van der Waals surface area contributed by atoms with Crippen LogP contribution < -0.4 is 5.32 Å². The van der Waals surface area contributed by atoms with Crippen LogP contribution in [0.1, 0.15) is 25.1 Å². The fourth-order valence-corrected chi connectivity index (χ4v) is 2.60. The first kappa shape index (κ1) is 15.9. The Morgan fingerprint density at radius 2 is 2.05 bits per heavy atom. The van der Waals surface area contributed by atoms with Crippen molar-refractivity contribution in [3.8, 4) is 0 Å². The summed E-state index contributed by atoms with van der Waals surface area (Å²) in [5.74, 6) is 0.601. The number of likely N-dealkylation sites (N-methyl/N-ethyl adjacent to an activating group) is 1. The fourth-order valence-electron chi connectivity index (χ4n) is 2.60. The van der Waals surface area contributed by atoms with Crippen molar-refractivity contribution in [3.63, 3.8) is 0 Å². The van der Waals surface area contributed by atoms with E-state index in [1.807, 2.05) is 24.9 Å². The number of rotatable bonds is 6. The Bertz CT molecular complexity index is 600. The van der Waals surface area contributed by atoms with Crippen LogP contribution in [0.5, 0.6) is 0 Å². The zero-order valence-corrected chi connectivity index (χ0v) is 14.0. The maximum atomic E-state index is 4.54. The molecule has 0 radical (unpaired) electrons. The van der Waals surface area contributed by atoms with Crippen molar-refractivity contribution < 1.29 is 0 Å². The van der Waals surface area contributed by atoms with Crippen LogP contribution in [0.3, 0.4) is 0 Å². The molecular formula is C16H27N5. The molecule has 1 atom stereocenters. The minimum Gasteiger partial charge on any atom is -0.308 e. The Morgan fingerprint density at radius 3 is 2.67 bits per heavy atom. The fraction of sp³-hybridized carbons (Fsp3) is 0.625. The summed E-state index contributed by atoms with van der Waals surface area (Å²) < 4.78 is 1.84. The third kappa shape index (κ3) is 3.80. The van der Waals surface area contributed by atoms with Crippen LogP contribution in [0.2, 0.25) is 0 Å². The van der Waals surface area contributed by atoms with Crippen LogP contribution >= 0.6 is 0 Å². The summed E-state index contributed by atoms with van der Waals surface area (Å²) in [7, 11) is 6.17. The predicted octanol–water partition coefficient (Wildman–Crippen LogP) is 1.95. The van der Waals surface area contributed by atoms with Crippen LogP contribution in [0.4, 0.5) is 0 Å². The molecule has 0 aliphatic heterocycles. The van der Waals surface area contributed by atoms with Gasteiger partial charge in [-0.1, -0.05) is 13.8 Å². The smallest absolute Gasteiger partial charge is 0.157 e. The lowest BCUT2D eigenvalue weighted by Crippen LogP contribution is -2.41. The number of nitrogens with zero attached hydrogens (tertiary/aromatic N) is 4. The SMILES string of the molecule is Cc1nn(C)c2ncc(CNC(CN(C)C)C(C)C)cc12. The van der Waals surface area contributed by atoms with Gasteiger partial charge in [0.2, 0.25) is 0 Å². The van der Waals surface area contributed by atoms with Crippen LogP contribution in [-0.2, 0) is 13.6 Å². The summed E-state index contributed by atoms with van der Waals surface area (Å²) in [5.41, 5.74) is 3.20. The van der Waals surface area contributed by atoms with E-state index in [1.54, 1.807) is 0 Å². The maximum Gasteiger partial charge on any atom is 0.157 e. The van der Waals surface area contributed by atoms with Crippen LogP contribution in [-0.4, -0.2) is 46.3 Å². The van der Waals surface area contributed by atoms with Gasteiger partial charge in [0.15, 0.2) is 5.65 Å². The molecule has 0 aliphatic rings. The van der Waals surface area contributed by atoms with Gasteiger partial charge in [0.1, 0.15) is 0 Å². The molecule has 0 saturated heterocycles. The highest BCUT2D eigenvalue weighted by Gasteiger charge is 2.14. The number of pyridine rings is 1. The zero-order chi connectivity index (χ0) is 15.6. The second-order valence-corrected chi connectivity index (χ2v) is 6.42. The number of aryl methyl sites for hydroxylation is 2. The average Bonchev–Trinajstić information content (AvgIpc) is 2.69. The van der Waals surface area contributed by atoms with Gasteiger partial charge in [-0.3, -0.25) is 4.68 Å². The van der Waals surface area contributed by atoms with Crippen LogP contribution in [0.15, 0.2) is 12.3 Å². The van der Waals surface area contributed by atoms with Crippen molar-refractivity contribution >= 4 is 11.0 Å². The van der Waals surface area contributed by atoms with Crippen LogP contribution in [0.25, 0.3) is 11.0 Å². The molecule has 5 heteroatoms. The van der Waals surface area contributed by atoms with Crippen LogP contribution in [0, 0.1) is 12.8 Å². The van der Waals surface area contributed by atoms with Gasteiger partial charge in [0.05, 0.1) is 5.69 Å². The lowest BCUT2D eigenvalue weighted by atomic mass is 10.0. The van der Waals surface area contributed by atoms with Crippen molar-refractivity contribution in [2.75, 3.05) is 20.6 Å². The molecule has 0 spiro atoms. The lowest BCUT2D eigenvalue weighted by molar-refractivity contribution is 0.288. The molecule has 5 nitrogen and oxygen atoms in total. The van der Waals surface area contributed by atoms with E-state index in [4.69, 9.17) is 0 Å².